The molecule has 0 aliphatic rings. The summed E-state index contributed by atoms with van der Waals surface area (Å²) >= 11 is 0. The van der Waals surface area contributed by atoms with Gasteiger partial charge in [0.1, 0.15) is 0 Å². The van der Waals surface area contributed by atoms with E-state index >= 15 is 0 Å². The maximum absolute atomic E-state index is 12.0. The van der Waals surface area contributed by atoms with Gasteiger partial charge in [0, 0.05) is 19.2 Å². The Balaban J connectivity index is 2.49. The third kappa shape index (κ3) is 5.51. The minimum atomic E-state index is -0.565. The second-order valence-corrected chi connectivity index (χ2v) is 4.78. The Morgan fingerprint density at radius 1 is 1.37 bits per heavy atom. The molecule has 0 bridgehead atoms. The van der Waals surface area contributed by atoms with Crippen molar-refractivity contribution in [3.8, 4) is 0 Å². The number of nitrogens with zero attached hydrogens (tertiary/aromatic N) is 1. The predicted molar refractivity (Wildman–Crippen MR) is 75.5 cm³/mol. The van der Waals surface area contributed by atoms with Gasteiger partial charge in [-0.25, -0.2) is 0 Å². The molecule has 1 unspecified atom stereocenters. The van der Waals surface area contributed by atoms with Crippen molar-refractivity contribution in [1.82, 2.24) is 4.90 Å². The molecular formula is C15H23NO3. The number of rotatable bonds is 8. The topological polar surface area (TPSA) is 49.8 Å². The van der Waals surface area contributed by atoms with Gasteiger partial charge in [-0.3, -0.25) is 9.69 Å². The summed E-state index contributed by atoms with van der Waals surface area (Å²) < 4.78 is 4.86. The third-order valence-electron chi connectivity index (χ3n) is 2.98. The van der Waals surface area contributed by atoms with Crippen LogP contribution in [0.5, 0.6) is 0 Å². The number of hydrogen-bond donors (Lipinski definition) is 1. The van der Waals surface area contributed by atoms with Gasteiger partial charge in [-0.2, -0.15) is 0 Å². The summed E-state index contributed by atoms with van der Waals surface area (Å²) in [6.45, 7) is 3.09. The molecule has 0 saturated carbocycles. The van der Waals surface area contributed by atoms with Gasteiger partial charge in [0.2, 0.25) is 0 Å². The summed E-state index contributed by atoms with van der Waals surface area (Å²) in [6.07, 6.45) is 0.405. The van der Waals surface area contributed by atoms with Crippen molar-refractivity contribution in [2.45, 2.75) is 19.4 Å². The van der Waals surface area contributed by atoms with Crippen molar-refractivity contribution >= 4 is 5.78 Å². The van der Waals surface area contributed by atoms with Crippen molar-refractivity contribution < 1.29 is 14.6 Å². The number of aliphatic hydroxyl groups is 1. The molecule has 0 aliphatic carbocycles. The van der Waals surface area contributed by atoms with E-state index in [0.717, 1.165) is 6.42 Å². The molecule has 1 aromatic carbocycles. The van der Waals surface area contributed by atoms with Gasteiger partial charge in [0.15, 0.2) is 5.78 Å². The number of ether oxygens (including phenoxy) is 1. The largest absolute Gasteiger partial charge is 0.389 e. The van der Waals surface area contributed by atoms with E-state index in [-0.39, 0.29) is 12.4 Å². The smallest absolute Gasteiger partial charge is 0.176 e. The summed E-state index contributed by atoms with van der Waals surface area (Å²) in [7, 11) is 3.36. The molecule has 106 valence electrons. The monoisotopic (exact) mass is 265 g/mol. The SMILES string of the molecule is CCc1ccc(C(=O)CN(C)CC(O)COC)cc1. The first-order valence-electron chi connectivity index (χ1n) is 6.54. The standard InChI is InChI=1S/C15H23NO3/c1-4-12-5-7-13(8-6-12)15(18)10-16(2)9-14(17)11-19-3/h5-8,14,17H,4,9-11H2,1-3H3. The number of aliphatic hydroxyl groups excluding tert-OH is 1. The Morgan fingerprint density at radius 3 is 2.53 bits per heavy atom. The fourth-order valence-electron chi connectivity index (χ4n) is 1.93. The van der Waals surface area contributed by atoms with Gasteiger partial charge in [0.05, 0.1) is 19.3 Å². The molecule has 0 saturated heterocycles. The van der Waals surface area contributed by atoms with Crippen LogP contribution in [-0.4, -0.2) is 55.7 Å². The van der Waals surface area contributed by atoms with Crippen LogP contribution in [0.15, 0.2) is 24.3 Å². The van der Waals surface area contributed by atoms with Gasteiger partial charge >= 0.3 is 0 Å². The lowest BCUT2D eigenvalue weighted by atomic mass is 10.1. The summed E-state index contributed by atoms with van der Waals surface area (Å²) in [4.78, 5) is 13.8. The number of carbonyl (C=O) groups is 1. The van der Waals surface area contributed by atoms with Crippen molar-refractivity contribution in [1.29, 1.82) is 0 Å². The third-order valence-corrected chi connectivity index (χ3v) is 2.98. The number of carbonyl (C=O) groups excluding carboxylic acids is 1. The lowest BCUT2D eigenvalue weighted by Gasteiger charge is -2.19. The highest BCUT2D eigenvalue weighted by Gasteiger charge is 2.12. The number of benzene rings is 1. The van der Waals surface area contributed by atoms with Gasteiger partial charge < -0.3 is 9.84 Å². The number of ketones is 1. The highest BCUT2D eigenvalue weighted by Crippen LogP contribution is 2.06. The van der Waals surface area contributed by atoms with E-state index in [9.17, 15) is 9.90 Å². The van der Waals surface area contributed by atoms with E-state index in [1.165, 1.54) is 5.56 Å². The van der Waals surface area contributed by atoms with Crippen molar-refractivity contribution in [3.05, 3.63) is 35.4 Å². The van der Waals surface area contributed by atoms with Crippen LogP contribution < -0.4 is 0 Å². The first-order valence-corrected chi connectivity index (χ1v) is 6.54. The maximum Gasteiger partial charge on any atom is 0.176 e. The molecular weight excluding hydrogens is 242 g/mol. The Bertz CT molecular complexity index is 389. The van der Waals surface area contributed by atoms with Gasteiger partial charge in [-0.05, 0) is 19.0 Å². The molecule has 0 spiro atoms. The number of methoxy groups -OCH3 is 1. The molecule has 19 heavy (non-hydrogen) atoms. The molecule has 0 aliphatic heterocycles. The second kappa shape index (κ2) is 8.04. The zero-order valence-electron chi connectivity index (χ0n) is 11.9. The minimum absolute atomic E-state index is 0.0646. The van der Waals surface area contributed by atoms with Crippen LogP contribution in [-0.2, 0) is 11.2 Å². The van der Waals surface area contributed by atoms with E-state index in [2.05, 4.69) is 6.92 Å². The molecule has 1 rings (SSSR count). The Hall–Kier alpha value is -1.23. The van der Waals surface area contributed by atoms with Crippen LogP contribution in [0.25, 0.3) is 0 Å². The Kier molecular flexibility index (Phi) is 6.70. The normalized spacial score (nSPS) is 12.7. The van der Waals surface area contributed by atoms with Crippen LogP contribution in [0.4, 0.5) is 0 Å². The Morgan fingerprint density at radius 2 is 2.00 bits per heavy atom. The molecule has 1 aromatic rings. The average molecular weight is 265 g/mol. The van der Waals surface area contributed by atoms with Crippen molar-refractivity contribution in [2.24, 2.45) is 0 Å². The molecule has 0 amide bonds. The average Bonchev–Trinajstić information content (AvgIpc) is 2.38. The molecule has 4 nitrogen and oxygen atoms in total. The lowest BCUT2D eigenvalue weighted by molar-refractivity contribution is 0.0427. The molecule has 4 heteroatoms. The first kappa shape index (κ1) is 15.8. The molecule has 1 atom stereocenters. The number of Topliss-reactive ketones (excluding diaryl/α,β-unsaturated/α-hetero) is 1. The lowest BCUT2D eigenvalue weighted by Crippen LogP contribution is -2.35. The summed E-state index contributed by atoms with van der Waals surface area (Å²) in [5.74, 6) is 0.0646. The fourth-order valence-corrected chi connectivity index (χ4v) is 1.93. The second-order valence-electron chi connectivity index (χ2n) is 4.78. The van der Waals surface area contributed by atoms with Crippen LogP contribution >= 0.6 is 0 Å². The Labute approximate surface area is 115 Å². The number of likely N-dealkylation sites (N-methyl/N-ethyl adjacent to an activating group) is 1. The van der Waals surface area contributed by atoms with Crippen molar-refractivity contribution in [3.63, 3.8) is 0 Å². The predicted octanol–water partition coefficient (Wildman–Crippen LogP) is 1.37. The highest BCUT2D eigenvalue weighted by molar-refractivity contribution is 5.97. The molecule has 0 aromatic heterocycles. The van der Waals surface area contributed by atoms with Crippen LogP contribution in [0.2, 0.25) is 0 Å². The van der Waals surface area contributed by atoms with E-state index in [1.807, 2.05) is 31.3 Å². The van der Waals surface area contributed by atoms with Crippen LogP contribution in [0.1, 0.15) is 22.8 Å². The molecule has 0 heterocycles. The zero-order valence-corrected chi connectivity index (χ0v) is 11.9. The quantitative estimate of drug-likeness (QED) is 0.721. The molecule has 0 radical (unpaired) electrons. The van der Waals surface area contributed by atoms with E-state index in [4.69, 9.17) is 4.74 Å². The minimum Gasteiger partial charge on any atom is -0.389 e. The van der Waals surface area contributed by atoms with Gasteiger partial charge in [-0.15, -0.1) is 0 Å². The van der Waals surface area contributed by atoms with E-state index in [0.29, 0.717) is 18.7 Å². The maximum atomic E-state index is 12.0. The highest BCUT2D eigenvalue weighted by atomic mass is 16.5. The summed E-state index contributed by atoms with van der Waals surface area (Å²) in [5.41, 5.74) is 1.94. The van der Waals surface area contributed by atoms with E-state index in [1.54, 1.807) is 12.0 Å². The van der Waals surface area contributed by atoms with Crippen molar-refractivity contribution in [2.75, 3.05) is 33.9 Å². The molecule has 0 fully saturated rings. The van der Waals surface area contributed by atoms with Crippen LogP contribution in [0.3, 0.4) is 0 Å². The number of hydrogen-bond acceptors (Lipinski definition) is 4. The summed E-state index contributed by atoms with van der Waals surface area (Å²) in [6, 6.07) is 7.68. The first-order chi connectivity index (χ1) is 9.06. The molecule has 1 N–H and O–H groups in total. The van der Waals surface area contributed by atoms with Crippen LogP contribution in [0, 0.1) is 0 Å². The summed E-state index contributed by atoms with van der Waals surface area (Å²) in [5, 5.41) is 9.59. The van der Waals surface area contributed by atoms with Gasteiger partial charge in [0.25, 0.3) is 0 Å². The van der Waals surface area contributed by atoms with E-state index < -0.39 is 6.10 Å². The fraction of sp³-hybridized carbons (Fsp3) is 0.533. The van der Waals surface area contributed by atoms with Gasteiger partial charge in [-0.1, -0.05) is 31.2 Å². The number of aryl methyl sites for hydroxylation is 1. The zero-order chi connectivity index (χ0) is 14.3.